The number of anilines is 1. The maximum absolute atomic E-state index is 13.1. The van der Waals surface area contributed by atoms with Gasteiger partial charge in [0.15, 0.2) is 0 Å². The van der Waals surface area contributed by atoms with Crippen LogP contribution in [0.3, 0.4) is 0 Å². The van der Waals surface area contributed by atoms with Crippen molar-refractivity contribution < 1.29 is 54.3 Å². The molecule has 85 heavy (non-hydrogen) atoms. The van der Waals surface area contributed by atoms with Crippen molar-refractivity contribution in [2.45, 2.75) is 139 Å². The molecule has 0 aliphatic heterocycles. The average molecular weight is 1190 g/mol. The van der Waals surface area contributed by atoms with Crippen LogP contribution < -0.4 is 20.5 Å². The summed E-state index contributed by atoms with van der Waals surface area (Å²) in [7, 11) is 0. The molecule has 4 bridgehead atoms. The largest absolute Gasteiger partial charge is 0.573 e. The molecule has 14 rings (SSSR count). The number of hydrogen-bond donors (Lipinski definition) is 2. The zero-order valence-corrected chi connectivity index (χ0v) is 47.0. The Morgan fingerprint density at radius 2 is 0.882 bits per heavy atom. The number of nitrogens with two attached hydrogens (primary N) is 1. The van der Waals surface area contributed by atoms with E-state index in [1.54, 1.807) is 36.7 Å². The number of ether oxygens (including phenoxy) is 4. The van der Waals surface area contributed by atoms with E-state index in [9.17, 15) is 26.3 Å². The van der Waals surface area contributed by atoms with Gasteiger partial charge in [0.2, 0.25) is 11.2 Å². The molecule has 6 saturated carbocycles. The van der Waals surface area contributed by atoms with Crippen molar-refractivity contribution in [3.63, 3.8) is 0 Å². The van der Waals surface area contributed by atoms with E-state index in [1.807, 2.05) is 73.1 Å². The molecule has 0 saturated heterocycles. The summed E-state index contributed by atoms with van der Waals surface area (Å²) >= 11 is 5.58. The normalized spacial score (nSPS) is 23.3. The molecule has 0 amide bonds. The molecule has 444 valence electrons. The summed E-state index contributed by atoms with van der Waals surface area (Å²) in [6.07, 6.45) is 9.79. The van der Waals surface area contributed by atoms with E-state index >= 15 is 0 Å². The van der Waals surface area contributed by atoms with E-state index < -0.39 is 12.7 Å². The molecule has 8 aromatic rings. The quantitative estimate of drug-likeness (QED) is 0.0689. The second kappa shape index (κ2) is 25.3. The van der Waals surface area contributed by atoms with Crippen molar-refractivity contribution in [3.05, 3.63) is 162 Å². The first kappa shape index (κ1) is 58.0. The number of rotatable bonds is 16. The Kier molecular flexibility index (Phi) is 17.3. The molecule has 3 N–H and O–H groups in total. The average Bonchev–Trinajstić information content (AvgIpc) is 4.44. The molecule has 14 nitrogen and oxygen atoms in total. The fraction of sp³-hybridized carbons (Fsp3) is 0.406. The second-order valence-electron chi connectivity index (χ2n) is 22.9. The lowest BCUT2D eigenvalue weighted by Crippen LogP contribution is -2.40. The molecule has 6 aliphatic rings. The third-order valence-corrected chi connectivity index (χ3v) is 17.4. The Morgan fingerprint density at radius 1 is 0.494 bits per heavy atom. The number of para-hydroxylation sites is 2. The Labute approximate surface area is 492 Å². The molecule has 4 heterocycles. The van der Waals surface area contributed by atoms with E-state index in [1.165, 1.54) is 24.3 Å². The highest BCUT2D eigenvalue weighted by Crippen LogP contribution is 2.50. The smallest absolute Gasteiger partial charge is 0.405 e. The lowest BCUT2D eigenvalue weighted by molar-refractivity contribution is -0.275. The Bertz CT molecular complexity index is 3470. The summed E-state index contributed by atoms with van der Waals surface area (Å²) in [4.78, 5) is 17.0. The molecule has 21 heteroatoms. The van der Waals surface area contributed by atoms with Gasteiger partial charge in [-0.05, 0) is 148 Å². The number of aromatic nitrogens is 6. The molecule has 0 spiro atoms. The van der Waals surface area contributed by atoms with Gasteiger partial charge in [-0.2, -0.15) is 0 Å². The summed E-state index contributed by atoms with van der Waals surface area (Å²) in [5.74, 6) is 3.82. The van der Waals surface area contributed by atoms with E-state index in [2.05, 4.69) is 45.0 Å². The monoisotopic (exact) mass is 1190 g/mol. The summed E-state index contributed by atoms with van der Waals surface area (Å²) in [5.41, 5.74) is 13.1. The predicted octanol–water partition coefficient (Wildman–Crippen LogP) is 15.7. The highest BCUT2D eigenvalue weighted by molar-refractivity contribution is 6.28. The van der Waals surface area contributed by atoms with Crippen LogP contribution in [-0.2, 0) is 22.7 Å². The first-order valence-corrected chi connectivity index (χ1v) is 29.4. The van der Waals surface area contributed by atoms with Crippen LogP contribution in [0.5, 0.6) is 11.5 Å². The summed E-state index contributed by atoms with van der Waals surface area (Å²) in [6.45, 7) is 0.502. The molecule has 0 radical (unpaired) electrons. The zero-order valence-electron chi connectivity index (χ0n) is 46.2. The topological polar surface area (TPSA) is 179 Å². The van der Waals surface area contributed by atoms with Gasteiger partial charge in [0.05, 0.1) is 25.4 Å². The van der Waals surface area contributed by atoms with Gasteiger partial charge in [-0.15, -0.1) is 26.3 Å². The fourth-order valence-electron chi connectivity index (χ4n) is 12.8. The molecule has 4 atom stereocenters. The first-order chi connectivity index (χ1) is 41.2. The van der Waals surface area contributed by atoms with Crippen molar-refractivity contribution in [1.82, 2.24) is 30.2 Å². The Hall–Kier alpha value is -7.39. The first-order valence-electron chi connectivity index (χ1n) is 29.0. The highest BCUT2D eigenvalue weighted by Gasteiger charge is 2.45. The maximum Gasteiger partial charge on any atom is 0.573 e. The van der Waals surface area contributed by atoms with Crippen LogP contribution in [0.15, 0.2) is 143 Å². The van der Waals surface area contributed by atoms with Crippen LogP contribution in [0.2, 0.25) is 5.28 Å². The van der Waals surface area contributed by atoms with Gasteiger partial charge in [0.25, 0.3) is 0 Å². The van der Waals surface area contributed by atoms with Gasteiger partial charge in [0, 0.05) is 82.1 Å². The van der Waals surface area contributed by atoms with Crippen molar-refractivity contribution in [2.24, 2.45) is 29.4 Å². The van der Waals surface area contributed by atoms with Crippen LogP contribution in [0.25, 0.3) is 44.8 Å². The van der Waals surface area contributed by atoms with Crippen molar-refractivity contribution >= 4 is 17.5 Å². The van der Waals surface area contributed by atoms with Gasteiger partial charge < -0.3 is 39.0 Å². The predicted molar refractivity (Wildman–Crippen MR) is 305 cm³/mol. The third-order valence-electron chi connectivity index (χ3n) is 17.2. The van der Waals surface area contributed by atoms with Crippen LogP contribution in [0.4, 0.5) is 32.3 Å². The molecular formula is C64H63ClF6N8O6. The molecule has 6 aliphatic carbocycles. The van der Waals surface area contributed by atoms with Crippen molar-refractivity contribution in [1.29, 1.82) is 0 Å². The lowest BCUT2D eigenvalue weighted by Gasteiger charge is -2.35. The minimum atomic E-state index is -4.81. The number of fused-ring (bicyclic) bond motifs is 4. The fourth-order valence-corrected chi connectivity index (χ4v) is 12.9. The van der Waals surface area contributed by atoms with Crippen LogP contribution in [-0.4, -0.2) is 67.3 Å². The van der Waals surface area contributed by atoms with Gasteiger partial charge in [-0.3, -0.25) is 0 Å². The van der Waals surface area contributed by atoms with Crippen LogP contribution in [0, 0.1) is 23.7 Å². The molecular weight excluding hydrogens is 1130 g/mol. The number of hydrogen-bond acceptors (Lipinski definition) is 14. The Morgan fingerprint density at radius 3 is 1.31 bits per heavy atom. The number of alkyl halides is 6. The van der Waals surface area contributed by atoms with E-state index in [0.717, 1.165) is 116 Å². The third kappa shape index (κ3) is 14.3. The maximum atomic E-state index is 13.1. The number of nitrogens with zero attached hydrogens (tertiary/aromatic N) is 6. The van der Waals surface area contributed by atoms with Gasteiger partial charge in [-0.1, -0.05) is 95.2 Å². The standard InChI is InChI=1S/C32H31F3N4O3.C22H25F3N2O3.C10H7ClN2/c33-32(34,35)41-27-9-5-4-8-25(27)29-26(30(42-39-29)20-10-11-20)18-40-24-14-21-12-13-22(15-24)28(21)38-31-36-16-23(17-37-31)19-6-2-1-3-7-19;23-22(24,25)29-18-4-2-1-3-16(18)20-17(21(30-27-20)12-5-6-12)11-28-15-9-13-7-8-14(10-15)19(13)26;11-10-12-6-9(7-13-10)8-4-2-1-3-5-8/h1-9,16-17,20-22,24,28H,10-15,18H2,(H,36,37,38);1-4,12-15,19H,5-11,26H2;1-7H. The van der Waals surface area contributed by atoms with Gasteiger partial charge >= 0.3 is 12.7 Å². The minimum Gasteiger partial charge on any atom is -0.405 e. The molecule has 4 aromatic heterocycles. The highest BCUT2D eigenvalue weighted by atomic mass is 35.5. The number of nitrogens with one attached hydrogen (secondary N) is 1. The van der Waals surface area contributed by atoms with E-state index in [4.69, 9.17) is 35.9 Å². The summed E-state index contributed by atoms with van der Waals surface area (Å²) in [6, 6.07) is 32.6. The number of halogens is 7. The van der Waals surface area contributed by atoms with Crippen molar-refractivity contribution in [2.75, 3.05) is 5.32 Å². The van der Waals surface area contributed by atoms with Gasteiger partial charge in [0.1, 0.15) is 34.4 Å². The van der Waals surface area contributed by atoms with E-state index in [-0.39, 0.29) is 77.3 Å². The second-order valence-corrected chi connectivity index (χ2v) is 23.2. The minimum absolute atomic E-state index is 0.0402. The van der Waals surface area contributed by atoms with E-state index in [0.29, 0.717) is 46.8 Å². The molecule has 6 fully saturated rings. The van der Waals surface area contributed by atoms with Crippen molar-refractivity contribution in [3.8, 4) is 56.3 Å². The Balaban J connectivity index is 0.000000142. The summed E-state index contributed by atoms with van der Waals surface area (Å²) in [5, 5.41) is 12.2. The zero-order chi connectivity index (χ0) is 58.7. The lowest BCUT2D eigenvalue weighted by atomic mass is 9.82. The van der Waals surface area contributed by atoms with Crippen LogP contribution in [0.1, 0.15) is 112 Å². The molecule has 4 unspecified atom stereocenters. The molecule has 4 aromatic carbocycles. The van der Waals surface area contributed by atoms with Gasteiger partial charge in [-0.25, -0.2) is 19.9 Å². The summed E-state index contributed by atoms with van der Waals surface area (Å²) < 4.78 is 110. The number of benzene rings is 4. The van der Waals surface area contributed by atoms with Crippen LogP contribution >= 0.6 is 11.6 Å². The SMILES string of the molecule is Clc1ncc(-c2ccccc2)cn1.FC(F)(F)Oc1ccccc1-c1noc(C2CC2)c1COC1CC2CCC(C1)C2Nc1ncc(-c2ccccc2)cn1.NC1C2CCC1CC(OCc1c(-c3ccccc3OC(F)(F)F)noc1C1CC1)C2.